The summed E-state index contributed by atoms with van der Waals surface area (Å²) in [4.78, 5) is 0. The van der Waals surface area contributed by atoms with Gasteiger partial charge in [-0.25, -0.2) is 0 Å². The number of hydrogen-bond donors (Lipinski definition) is 3. The number of aromatic hydroxyl groups is 3. The highest BCUT2D eigenvalue weighted by atomic mass is 16.3. The second-order valence-electron chi connectivity index (χ2n) is 10.0. The van der Waals surface area contributed by atoms with E-state index in [2.05, 4.69) is 45.0 Å². The second-order valence-corrected chi connectivity index (χ2v) is 10.0. The van der Waals surface area contributed by atoms with E-state index in [1.54, 1.807) is 36.4 Å². The topological polar surface area (TPSA) is 60.7 Å². The summed E-state index contributed by atoms with van der Waals surface area (Å²) in [5, 5.41) is 29.2. The minimum absolute atomic E-state index is 0.0489. The summed E-state index contributed by atoms with van der Waals surface area (Å²) in [5.74, 6) is 0.783. The van der Waals surface area contributed by atoms with Crippen molar-refractivity contribution in [2.75, 3.05) is 0 Å². The molecule has 4 aromatic rings. The molecule has 3 nitrogen and oxygen atoms in total. The minimum Gasteiger partial charge on any atom is -0.508 e. The van der Waals surface area contributed by atoms with Crippen LogP contribution in [0, 0.1) is 0 Å². The maximum Gasteiger partial charge on any atom is 0.115 e. The van der Waals surface area contributed by atoms with Crippen LogP contribution >= 0.6 is 0 Å². The molecule has 3 N–H and O–H groups in total. The molecular formula is C31H32O3. The van der Waals surface area contributed by atoms with E-state index in [1.165, 1.54) is 16.7 Å². The third-order valence-electron chi connectivity index (χ3n) is 6.88. The van der Waals surface area contributed by atoms with Crippen molar-refractivity contribution in [3.05, 3.63) is 125 Å². The number of phenolic OH excluding ortho intramolecular Hbond substituents is 3. The highest BCUT2D eigenvalue weighted by Crippen LogP contribution is 2.37. The van der Waals surface area contributed by atoms with Gasteiger partial charge in [-0.15, -0.1) is 0 Å². The fourth-order valence-electron chi connectivity index (χ4n) is 4.74. The van der Waals surface area contributed by atoms with Gasteiger partial charge in [-0.1, -0.05) is 81.4 Å². The van der Waals surface area contributed by atoms with E-state index < -0.39 is 0 Å². The van der Waals surface area contributed by atoms with Crippen LogP contribution in [0.15, 0.2) is 97.1 Å². The van der Waals surface area contributed by atoms with Crippen LogP contribution in [0.5, 0.6) is 17.2 Å². The van der Waals surface area contributed by atoms with E-state index in [-0.39, 0.29) is 28.1 Å². The lowest BCUT2D eigenvalue weighted by molar-refractivity contribution is 0.472. The fourth-order valence-corrected chi connectivity index (χ4v) is 4.74. The molecular weight excluding hydrogens is 420 g/mol. The molecule has 0 aliphatic heterocycles. The second kappa shape index (κ2) is 9.26. The normalized spacial score (nSPS) is 12.0. The van der Waals surface area contributed by atoms with E-state index in [1.807, 2.05) is 36.4 Å². The van der Waals surface area contributed by atoms with Gasteiger partial charge in [-0.05, 0) is 82.5 Å². The molecule has 0 atom stereocenters. The van der Waals surface area contributed by atoms with Crippen molar-refractivity contribution in [2.24, 2.45) is 0 Å². The van der Waals surface area contributed by atoms with Crippen LogP contribution in [0.25, 0.3) is 0 Å². The van der Waals surface area contributed by atoms with Gasteiger partial charge in [0.15, 0.2) is 0 Å². The van der Waals surface area contributed by atoms with E-state index >= 15 is 0 Å². The molecule has 4 aromatic carbocycles. The van der Waals surface area contributed by atoms with Gasteiger partial charge in [0.25, 0.3) is 0 Å². The maximum atomic E-state index is 9.80. The maximum absolute atomic E-state index is 9.80. The van der Waals surface area contributed by atoms with E-state index in [9.17, 15) is 15.3 Å². The zero-order chi connectivity index (χ0) is 24.3. The first-order valence-electron chi connectivity index (χ1n) is 11.6. The molecule has 0 heterocycles. The molecule has 4 rings (SSSR count). The van der Waals surface area contributed by atoms with Crippen LogP contribution < -0.4 is 0 Å². The summed E-state index contributed by atoms with van der Waals surface area (Å²) in [5.41, 5.74) is 5.50. The van der Waals surface area contributed by atoms with Gasteiger partial charge in [-0.2, -0.15) is 0 Å². The standard InChI is InChI=1S/C31H32O3/c1-30(2,20-22-6-14-27(32)15-7-22)24-8-4-23(5-9-24)21-31(3,25-10-16-28(33)17-11-25)26-12-18-29(34)19-13-26/h4-19,32-34H,20-21H2,1-3H3. The van der Waals surface area contributed by atoms with Gasteiger partial charge in [0.05, 0.1) is 0 Å². The molecule has 0 saturated heterocycles. The lowest BCUT2D eigenvalue weighted by atomic mass is 9.71. The molecule has 0 bridgehead atoms. The van der Waals surface area contributed by atoms with Gasteiger partial charge in [-0.3, -0.25) is 0 Å². The van der Waals surface area contributed by atoms with Gasteiger partial charge in [0, 0.05) is 5.41 Å². The van der Waals surface area contributed by atoms with Gasteiger partial charge < -0.3 is 15.3 Å². The van der Waals surface area contributed by atoms with Crippen molar-refractivity contribution in [1.82, 2.24) is 0 Å². The first-order valence-corrected chi connectivity index (χ1v) is 11.6. The number of benzene rings is 4. The van der Waals surface area contributed by atoms with Crippen molar-refractivity contribution in [3.8, 4) is 17.2 Å². The Hall–Kier alpha value is -3.72. The highest BCUT2D eigenvalue weighted by molar-refractivity contribution is 5.44. The Bertz CT molecular complexity index is 1170. The Morgan fingerprint density at radius 2 is 0.765 bits per heavy atom. The van der Waals surface area contributed by atoms with Gasteiger partial charge in [0.2, 0.25) is 0 Å². The summed E-state index contributed by atoms with van der Waals surface area (Å²) in [6, 6.07) is 31.0. The van der Waals surface area contributed by atoms with Crippen LogP contribution in [-0.4, -0.2) is 15.3 Å². The molecule has 0 fully saturated rings. The van der Waals surface area contributed by atoms with Crippen LogP contribution in [-0.2, 0) is 23.7 Å². The first kappa shape index (κ1) is 23.4. The summed E-state index contributed by atoms with van der Waals surface area (Å²) in [6.07, 6.45) is 1.66. The zero-order valence-corrected chi connectivity index (χ0v) is 20.0. The number of phenols is 3. The van der Waals surface area contributed by atoms with Crippen LogP contribution in [0.3, 0.4) is 0 Å². The summed E-state index contributed by atoms with van der Waals surface area (Å²) in [6.45, 7) is 6.69. The van der Waals surface area contributed by atoms with E-state index in [4.69, 9.17) is 0 Å². The molecule has 0 saturated carbocycles. The summed E-state index contributed by atoms with van der Waals surface area (Å²) < 4.78 is 0. The molecule has 0 aliphatic carbocycles. The Morgan fingerprint density at radius 3 is 1.21 bits per heavy atom. The Morgan fingerprint density at radius 1 is 0.441 bits per heavy atom. The third kappa shape index (κ3) is 5.09. The molecule has 3 heteroatoms. The predicted octanol–water partition coefficient (Wildman–Crippen LogP) is 6.87. The fraction of sp³-hybridized carbons (Fsp3) is 0.226. The van der Waals surface area contributed by atoms with Gasteiger partial charge in [0.1, 0.15) is 17.2 Å². The smallest absolute Gasteiger partial charge is 0.115 e. The van der Waals surface area contributed by atoms with Crippen LogP contribution in [0.4, 0.5) is 0 Å². The summed E-state index contributed by atoms with van der Waals surface area (Å²) >= 11 is 0. The molecule has 34 heavy (non-hydrogen) atoms. The molecule has 174 valence electrons. The van der Waals surface area contributed by atoms with Crippen LogP contribution in [0.2, 0.25) is 0 Å². The molecule has 0 radical (unpaired) electrons. The molecule has 0 spiro atoms. The third-order valence-corrected chi connectivity index (χ3v) is 6.88. The average molecular weight is 453 g/mol. The summed E-state index contributed by atoms with van der Waals surface area (Å²) in [7, 11) is 0. The monoisotopic (exact) mass is 452 g/mol. The lowest BCUT2D eigenvalue weighted by Crippen LogP contribution is -2.27. The SMILES string of the molecule is CC(C)(Cc1ccc(O)cc1)c1ccc(CC(C)(c2ccc(O)cc2)c2ccc(O)cc2)cc1. The number of hydrogen-bond acceptors (Lipinski definition) is 3. The molecule has 0 aliphatic rings. The first-order chi connectivity index (χ1) is 16.2. The quantitative estimate of drug-likeness (QED) is 0.287. The molecule has 0 amide bonds. The predicted molar refractivity (Wildman–Crippen MR) is 138 cm³/mol. The van der Waals surface area contributed by atoms with Gasteiger partial charge >= 0.3 is 0 Å². The minimum atomic E-state index is -0.329. The lowest BCUT2D eigenvalue weighted by Gasteiger charge is -2.32. The largest absolute Gasteiger partial charge is 0.508 e. The van der Waals surface area contributed by atoms with E-state index in [0.29, 0.717) is 0 Å². The Kier molecular flexibility index (Phi) is 6.39. The van der Waals surface area contributed by atoms with Crippen LogP contribution in [0.1, 0.15) is 48.6 Å². The number of rotatable bonds is 7. The van der Waals surface area contributed by atoms with Crippen molar-refractivity contribution < 1.29 is 15.3 Å². The Labute approximate surface area is 202 Å². The van der Waals surface area contributed by atoms with Crippen molar-refractivity contribution >= 4 is 0 Å². The molecule has 0 unspecified atom stereocenters. The average Bonchev–Trinajstić information content (AvgIpc) is 2.81. The van der Waals surface area contributed by atoms with Crippen molar-refractivity contribution in [2.45, 2.75) is 44.4 Å². The zero-order valence-electron chi connectivity index (χ0n) is 20.0. The van der Waals surface area contributed by atoms with Crippen molar-refractivity contribution in [3.63, 3.8) is 0 Å². The van der Waals surface area contributed by atoms with E-state index in [0.717, 1.165) is 24.0 Å². The van der Waals surface area contributed by atoms with Crippen molar-refractivity contribution in [1.29, 1.82) is 0 Å². The Balaban J connectivity index is 1.61. The highest BCUT2D eigenvalue weighted by Gasteiger charge is 2.30. The molecule has 0 aromatic heterocycles.